The fourth-order valence-corrected chi connectivity index (χ4v) is 1.32. The number of likely N-dealkylation sites (N-methyl/N-ethyl adjacent to an activating group) is 1. The van der Waals surface area contributed by atoms with E-state index < -0.39 is 12.0 Å². The Morgan fingerprint density at radius 3 is 2.19 bits per heavy atom. The SMILES string of the molecule is CCC(CC)NC(=O)CN(C)C(C)C(=O)O. The number of carbonyl (C=O) groups is 2. The summed E-state index contributed by atoms with van der Waals surface area (Å²) in [5.41, 5.74) is 0. The maximum atomic E-state index is 11.6. The van der Waals surface area contributed by atoms with Crippen molar-refractivity contribution >= 4 is 11.9 Å². The first-order valence-electron chi connectivity index (χ1n) is 5.64. The molecule has 16 heavy (non-hydrogen) atoms. The predicted molar refractivity (Wildman–Crippen MR) is 62.2 cm³/mol. The van der Waals surface area contributed by atoms with Crippen LogP contribution in [0.15, 0.2) is 0 Å². The Morgan fingerprint density at radius 1 is 1.31 bits per heavy atom. The second-order valence-corrected chi connectivity index (χ2v) is 4.01. The highest BCUT2D eigenvalue weighted by Gasteiger charge is 2.19. The number of rotatable bonds is 7. The first-order valence-corrected chi connectivity index (χ1v) is 5.64. The highest BCUT2D eigenvalue weighted by molar-refractivity contribution is 5.79. The van der Waals surface area contributed by atoms with Gasteiger partial charge in [-0.05, 0) is 26.8 Å². The quantitative estimate of drug-likeness (QED) is 0.675. The van der Waals surface area contributed by atoms with E-state index in [1.807, 2.05) is 13.8 Å². The second-order valence-electron chi connectivity index (χ2n) is 4.01. The van der Waals surface area contributed by atoms with Crippen molar-refractivity contribution in [2.75, 3.05) is 13.6 Å². The van der Waals surface area contributed by atoms with Crippen molar-refractivity contribution in [2.24, 2.45) is 0 Å². The van der Waals surface area contributed by atoms with Gasteiger partial charge in [-0.15, -0.1) is 0 Å². The van der Waals surface area contributed by atoms with Gasteiger partial charge in [-0.1, -0.05) is 13.8 Å². The molecule has 0 aliphatic carbocycles. The van der Waals surface area contributed by atoms with E-state index in [2.05, 4.69) is 5.32 Å². The minimum Gasteiger partial charge on any atom is -0.480 e. The average molecular weight is 230 g/mol. The van der Waals surface area contributed by atoms with Crippen molar-refractivity contribution in [3.8, 4) is 0 Å². The van der Waals surface area contributed by atoms with Crippen molar-refractivity contribution in [1.82, 2.24) is 10.2 Å². The molecule has 94 valence electrons. The summed E-state index contributed by atoms with van der Waals surface area (Å²) in [5, 5.41) is 11.6. The van der Waals surface area contributed by atoms with E-state index in [1.165, 1.54) is 4.90 Å². The third-order valence-electron chi connectivity index (χ3n) is 2.76. The van der Waals surface area contributed by atoms with E-state index in [0.717, 1.165) is 12.8 Å². The molecule has 5 nitrogen and oxygen atoms in total. The molecule has 0 aliphatic heterocycles. The van der Waals surface area contributed by atoms with Gasteiger partial charge in [-0.25, -0.2) is 0 Å². The molecule has 0 aliphatic rings. The minimum atomic E-state index is -0.919. The van der Waals surface area contributed by atoms with Crippen LogP contribution in [0.25, 0.3) is 0 Å². The maximum absolute atomic E-state index is 11.6. The summed E-state index contributed by atoms with van der Waals surface area (Å²) >= 11 is 0. The number of aliphatic carboxylic acids is 1. The third-order valence-corrected chi connectivity index (χ3v) is 2.76. The first kappa shape index (κ1) is 14.9. The van der Waals surface area contributed by atoms with Gasteiger partial charge < -0.3 is 10.4 Å². The number of hydrogen-bond acceptors (Lipinski definition) is 3. The number of nitrogens with zero attached hydrogens (tertiary/aromatic N) is 1. The Hall–Kier alpha value is -1.10. The highest BCUT2D eigenvalue weighted by Crippen LogP contribution is 1.98. The molecular weight excluding hydrogens is 208 g/mol. The molecule has 0 bridgehead atoms. The fraction of sp³-hybridized carbons (Fsp3) is 0.818. The topological polar surface area (TPSA) is 69.6 Å². The van der Waals surface area contributed by atoms with Gasteiger partial charge in [0, 0.05) is 6.04 Å². The van der Waals surface area contributed by atoms with Crippen molar-refractivity contribution in [2.45, 2.75) is 45.7 Å². The van der Waals surface area contributed by atoms with Gasteiger partial charge in [0.05, 0.1) is 6.54 Å². The summed E-state index contributed by atoms with van der Waals surface area (Å²) in [4.78, 5) is 23.8. The van der Waals surface area contributed by atoms with Gasteiger partial charge in [0.1, 0.15) is 6.04 Å². The molecule has 1 amide bonds. The molecule has 0 heterocycles. The Bertz CT molecular complexity index is 239. The smallest absolute Gasteiger partial charge is 0.320 e. The molecule has 0 aromatic heterocycles. The van der Waals surface area contributed by atoms with Crippen LogP contribution >= 0.6 is 0 Å². The van der Waals surface area contributed by atoms with Crippen molar-refractivity contribution in [1.29, 1.82) is 0 Å². The minimum absolute atomic E-state index is 0.115. The first-order chi connectivity index (χ1) is 7.42. The number of carboxylic acid groups (broad SMARTS) is 1. The van der Waals surface area contributed by atoms with Crippen LogP contribution in [0.4, 0.5) is 0 Å². The average Bonchev–Trinajstić information content (AvgIpc) is 2.24. The van der Waals surface area contributed by atoms with Gasteiger partial charge >= 0.3 is 5.97 Å². The normalized spacial score (nSPS) is 12.9. The highest BCUT2D eigenvalue weighted by atomic mass is 16.4. The van der Waals surface area contributed by atoms with Crippen molar-refractivity contribution in [3.05, 3.63) is 0 Å². The molecule has 0 radical (unpaired) electrons. The van der Waals surface area contributed by atoms with E-state index in [1.54, 1.807) is 14.0 Å². The van der Waals surface area contributed by atoms with E-state index in [-0.39, 0.29) is 18.5 Å². The van der Waals surface area contributed by atoms with Crippen molar-refractivity contribution in [3.63, 3.8) is 0 Å². The summed E-state index contributed by atoms with van der Waals surface area (Å²) in [5.74, 6) is -1.04. The molecule has 0 saturated heterocycles. The number of nitrogens with one attached hydrogen (secondary N) is 1. The largest absolute Gasteiger partial charge is 0.480 e. The van der Waals surface area contributed by atoms with Crippen LogP contribution in [-0.2, 0) is 9.59 Å². The number of carbonyl (C=O) groups excluding carboxylic acids is 1. The fourth-order valence-electron chi connectivity index (χ4n) is 1.32. The Morgan fingerprint density at radius 2 is 1.81 bits per heavy atom. The Kier molecular flexibility index (Phi) is 6.72. The van der Waals surface area contributed by atoms with E-state index in [0.29, 0.717) is 0 Å². The zero-order valence-electron chi connectivity index (χ0n) is 10.5. The molecule has 1 unspecified atom stereocenters. The van der Waals surface area contributed by atoms with Crippen LogP contribution in [-0.4, -0.2) is 47.6 Å². The summed E-state index contributed by atoms with van der Waals surface area (Å²) < 4.78 is 0. The lowest BCUT2D eigenvalue weighted by molar-refractivity contribution is -0.142. The maximum Gasteiger partial charge on any atom is 0.320 e. The van der Waals surface area contributed by atoms with Crippen LogP contribution < -0.4 is 5.32 Å². The lowest BCUT2D eigenvalue weighted by Gasteiger charge is -2.22. The second kappa shape index (κ2) is 7.22. The van der Waals surface area contributed by atoms with Crippen LogP contribution in [0.3, 0.4) is 0 Å². The molecule has 0 spiro atoms. The molecule has 0 fully saturated rings. The van der Waals surface area contributed by atoms with Crippen LogP contribution in [0.5, 0.6) is 0 Å². The monoisotopic (exact) mass is 230 g/mol. The summed E-state index contributed by atoms with van der Waals surface area (Å²) in [6, 6.07) is -0.464. The number of amides is 1. The molecule has 1 atom stereocenters. The summed E-state index contributed by atoms with van der Waals surface area (Å²) in [7, 11) is 1.63. The van der Waals surface area contributed by atoms with Gasteiger partial charge in [0.2, 0.25) is 5.91 Å². The van der Waals surface area contributed by atoms with E-state index >= 15 is 0 Å². The summed E-state index contributed by atoms with van der Waals surface area (Å²) in [6.07, 6.45) is 1.78. The standard InChI is InChI=1S/C11H22N2O3/c1-5-9(6-2)12-10(14)7-13(4)8(3)11(15)16/h8-9H,5-7H2,1-4H3,(H,12,14)(H,15,16). The van der Waals surface area contributed by atoms with Gasteiger partial charge in [0.25, 0.3) is 0 Å². The van der Waals surface area contributed by atoms with Gasteiger partial charge in [-0.3, -0.25) is 14.5 Å². The predicted octanol–water partition coefficient (Wildman–Crippen LogP) is 0.696. The van der Waals surface area contributed by atoms with E-state index in [9.17, 15) is 9.59 Å². The Labute approximate surface area is 96.8 Å². The Balaban J connectivity index is 4.09. The van der Waals surface area contributed by atoms with E-state index in [4.69, 9.17) is 5.11 Å². The zero-order chi connectivity index (χ0) is 12.7. The molecule has 5 heteroatoms. The zero-order valence-corrected chi connectivity index (χ0v) is 10.5. The summed E-state index contributed by atoms with van der Waals surface area (Å²) in [6.45, 7) is 5.70. The molecule has 2 N–H and O–H groups in total. The van der Waals surface area contributed by atoms with Crippen LogP contribution in [0, 0.1) is 0 Å². The molecule has 0 rings (SSSR count). The number of carboxylic acids is 1. The molecular formula is C11H22N2O3. The van der Waals surface area contributed by atoms with Gasteiger partial charge in [0.15, 0.2) is 0 Å². The van der Waals surface area contributed by atoms with Crippen LogP contribution in [0.2, 0.25) is 0 Å². The third kappa shape index (κ3) is 5.11. The molecule has 0 saturated carbocycles. The number of hydrogen-bond donors (Lipinski definition) is 2. The van der Waals surface area contributed by atoms with Crippen LogP contribution in [0.1, 0.15) is 33.6 Å². The molecule has 0 aromatic carbocycles. The lowest BCUT2D eigenvalue weighted by Crippen LogP contribution is -2.45. The van der Waals surface area contributed by atoms with Crippen molar-refractivity contribution < 1.29 is 14.7 Å². The van der Waals surface area contributed by atoms with Gasteiger partial charge in [-0.2, -0.15) is 0 Å². The lowest BCUT2D eigenvalue weighted by atomic mass is 10.2. The molecule has 0 aromatic rings.